The molecule has 0 radical (unpaired) electrons. The Balaban J connectivity index is 2.29. The number of nitrogen functional groups attached to an aromatic ring is 1. The van der Waals surface area contributed by atoms with Gasteiger partial charge in [0.25, 0.3) is 0 Å². The zero-order chi connectivity index (χ0) is 12.5. The average molecular weight is 239 g/mol. The van der Waals surface area contributed by atoms with E-state index in [1.165, 1.54) is 18.5 Å². The Morgan fingerprint density at radius 2 is 1.72 bits per heavy atom. The van der Waals surface area contributed by atoms with Crippen LogP contribution in [0.4, 0.5) is 10.1 Å². The van der Waals surface area contributed by atoms with Gasteiger partial charge in [-0.05, 0) is 30.3 Å². The van der Waals surface area contributed by atoms with Crippen LogP contribution >= 0.6 is 0 Å². The normalized spacial score (nSPS) is 10.7. The SMILES string of the molecule is Nc1cccc2c(-c3ccc(F)cc3)ncnc12. The fourth-order valence-corrected chi connectivity index (χ4v) is 1.95. The summed E-state index contributed by atoms with van der Waals surface area (Å²) in [6, 6.07) is 11.8. The maximum atomic E-state index is 12.9. The van der Waals surface area contributed by atoms with Gasteiger partial charge in [-0.25, -0.2) is 14.4 Å². The van der Waals surface area contributed by atoms with Gasteiger partial charge in [0.05, 0.1) is 16.9 Å². The van der Waals surface area contributed by atoms with E-state index >= 15 is 0 Å². The van der Waals surface area contributed by atoms with Gasteiger partial charge >= 0.3 is 0 Å². The summed E-state index contributed by atoms with van der Waals surface area (Å²) in [6.45, 7) is 0. The highest BCUT2D eigenvalue weighted by atomic mass is 19.1. The quantitative estimate of drug-likeness (QED) is 0.664. The molecule has 0 aliphatic rings. The smallest absolute Gasteiger partial charge is 0.123 e. The first kappa shape index (κ1) is 10.7. The Hall–Kier alpha value is -2.49. The maximum Gasteiger partial charge on any atom is 0.123 e. The molecule has 0 atom stereocenters. The third-order valence-corrected chi connectivity index (χ3v) is 2.81. The third kappa shape index (κ3) is 1.68. The van der Waals surface area contributed by atoms with Crippen molar-refractivity contribution in [2.45, 2.75) is 0 Å². The van der Waals surface area contributed by atoms with Crippen LogP contribution in [0, 0.1) is 5.82 Å². The van der Waals surface area contributed by atoms with Crippen LogP contribution in [0.15, 0.2) is 48.8 Å². The molecule has 1 heterocycles. The molecule has 0 fully saturated rings. The number of nitrogens with zero attached hydrogens (tertiary/aromatic N) is 2. The molecule has 2 aromatic carbocycles. The van der Waals surface area contributed by atoms with E-state index in [-0.39, 0.29) is 5.82 Å². The lowest BCUT2D eigenvalue weighted by atomic mass is 10.1. The molecule has 0 spiro atoms. The van der Waals surface area contributed by atoms with Crippen LogP contribution in [0.25, 0.3) is 22.2 Å². The fourth-order valence-electron chi connectivity index (χ4n) is 1.95. The molecule has 18 heavy (non-hydrogen) atoms. The molecule has 0 aliphatic carbocycles. The van der Waals surface area contributed by atoms with Crippen molar-refractivity contribution in [3.05, 3.63) is 54.6 Å². The van der Waals surface area contributed by atoms with Crippen molar-refractivity contribution in [1.29, 1.82) is 0 Å². The topological polar surface area (TPSA) is 51.8 Å². The lowest BCUT2D eigenvalue weighted by molar-refractivity contribution is 0.628. The molecule has 3 nitrogen and oxygen atoms in total. The minimum absolute atomic E-state index is 0.267. The number of benzene rings is 2. The van der Waals surface area contributed by atoms with Gasteiger partial charge in [-0.15, -0.1) is 0 Å². The Morgan fingerprint density at radius 3 is 2.50 bits per heavy atom. The number of nitrogens with two attached hydrogens (primary N) is 1. The van der Waals surface area contributed by atoms with Crippen molar-refractivity contribution in [3.63, 3.8) is 0 Å². The highest BCUT2D eigenvalue weighted by Crippen LogP contribution is 2.27. The van der Waals surface area contributed by atoms with Gasteiger partial charge in [-0.1, -0.05) is 12.1 Å². The Morgan fingerprint density at radius 1 is 0.944 bits per heavy atom. The number of hydrogen-bond acceptors (Lipinski definition) is 3. The summed E-state index contributed by atoms with van der Waals surface area (Å²) in [5, 5.41) is 0.865. The summed E-state index contributed by atoms with van der Waals surface area (Å²) in [4.78, 5) is 8.43. The zero-order valence-corrected chi connectivity index (χ0v) is 9.47. The van der Waals surface area contributed by atoms with Crippen LogP contribution in [-0.2, 0) is 0 Å². The van der Waals surface area contributed by atoms with Crippen LogP contribution in [0.3, 0.4) is 0 Å². The van der Waals surface area contributed by atoms with E-state index in [9.17, 15) is 4.39 Å². The Bertz CT molecular complexity index is 708. The molecule has 0 saturated carbocycles. The predicted molar refractivity (Wildman–Crippen MR) is 69.3 cm³/mol. The molecule has 3 aromatic rings. The van der Waals surface area contributed by atoms with E-state index in [4.69, 9.17) is 5.73 Å². The second kappa shape index (κ2) is 4.07. The van der Waals surface area contributed by atoms with Gasteiger partial charge in [0.2, 0.25) is 0 Å². The zero-order valence-electron chi connectivity index (χ0n) is 9.47. The highest BCUT2D eigenvalue weighted by Gasteiger charge is 2.07. The molecule has 0 saturated heterocycles. The molecule has 88 valence electrons. The van der Waals surface area contributed by atoms with Crippen LogP contribution < -0.4 is 5.73 Å². The van der Waals surface area contributed by atoms with Crippen molar-refractivity contribution in [2.75, 3.05) is 5.73 Å². The van der Waals surface area contributed by atoms with Crippen LogP contribution in [0.2, 0.25) is 0 Å². The molecular formula is C14H10FN3. The van der Waals surface area contributed by atoms with Gasteiger partial charge in [0.15, 0.2) is 0 Å². The van der Waals surface area contributed by atoms with Crippen LogP contribution in [0.1, 0.15) is 0 Å². The van der Waals surface area contributed by atoms with E-state index in [2.05, 4.69) is 9.97 Å². The summed E-state index contributed by atoms with van der Waals surface area (Å²) in [7, 11) is 0. The van der Waals surface area contributed by atoms with Crippen LogP contribution in [-0.4, -0.2) is 9.97 Å². The van der Waals surface area contributed by atoms with Gasteiger partial charge in [-0.2, -0.15) is 0 Å². The Kier molecular flexibility index (Phi) is 2.41. The summed E-state index contributed by atoms with van der Waals surface area (Å²) in [5.74, 6) is -0.267. The number of aromatic nitrogens is 2. The predicted octanol–water partition coefficient (Wildman–Crippen LogP) is 3.02. The van der Waals surface area contributed by atoms with Gasteiger partial charge in [0, 0.05) is 10.9 Å². The minimum Gasteiger partial charge on any atom is -0.397 e. The minimum atomic E-state index is -0.267. The Labute approximate surface area is 103 Å². The number of rotatable bonds is 1. The lowest BCUT2D eigenvalue weighted by Gasteiger charge is -2.06. The van der Waals surface area contributed by atoms with Gasteiger partial charge in [0.1, 0.15) is 12.1 Å². The summed E-state index contributed by atoms with van der Waals surface area (Å²) in [5.41, 5.74) is 8.80. The first-order valence-electron chi connectivity index (χ1n) is 5.51. The van der Waals surface area contributed by atoms with Crippen molar-refractivity contribution in [3.8, 4) is 11.3 Å². The monoisotopic (exact) mass is 239 g/mol. The molecule has 0 unspecified atom stereocenters. The van der Waals surface area contributed by atoms with Gasteiger partial charge < -0.3 is 5.73 Å². The number of anilines is 1. The van der Waals surface area contributed by atoms with Crippen LogP contribution in [0.5, 0.6) is 0 Å². The molecule has 0 bridgehead atoms. The second-order valence-corrected chi connectivity index (χ2v) is 3.97. The van der Waals surface area contributed by atoms with E-state index in [0.29, 0.717) is 11.2 Å². The fraction of sp³-hybridized carbons (Fsp3) is 0. The number of halogens is 1. The highest BCUT2D eigenvalue weighted by molar-refractivity contribution is 5.97. The molecule has 2 N–H and O–H groups in total. The summed E-state index contributed by atoms with van der Waals surface area (Å²) < 4.78 is 12.9. The van der Waals surface area contributed by atoms with E-state index < -0.39 is 0 Å². The number of fused-ring (bicyclic) bond motifs is 1. The third-order valence-electron chi connectivity index (χ3n) is 2.81. The average Bonchev–Trinajstić information content (AvgIpc) is 2.40. The first-order chi connectivity index (χ1) is 8.75. The first-order valence-corrected chi connectivity index (χ1v) is 5.51. The van der Waals surface area contributed by atoms with E-state index in [1.807, 2.05) is 12.1 Å². The lowest BCUT2D eigenvalue weighted by Crippen LogP contribution is -1.93. The number of hydrogen-bond donors (Lipinski definition) is 1. The molecule has 4 heteroatoms. The van der Waals surface area contributed by atoms with Gasteiger partial charge in [-0.3, -0.25) is 0 Å². The second-order valence-electron chi connectivity index (χ2n) is 3.97. The summed E-state index contributed by atoms with van der Waals surface area (Å²) in [6.07, 6.45) is 1.47. The van der Waals surface area contributed by atoms with E-state index in [0.717, 1.165) is 16.6 Å². The molecule has 0 aliphatic heterocycles. The van der Waals surface area contributed by atoms with Crippen molar-refractivity contribution in [1.82, 2.24) is 9.97 Å². The standard InChI is InChI=1S/C14H10FN3/c15-10-6-4-9(5-7-10)13-11-2-1-3-12(16)14(11)18-8-17-13/h1-8H,16H2. The molecule has 0 amide bonds. The maximum absolute atomic E-state index is 12.9. The number of para-hydroxylation sites is 1. The van der Waals surface area contributed by atoms with Crippen molar-refractivity contribution < 1.29 is 4.39 Å². The van der Waals surface area contributed by atoms with Crippen molar-refractivity contribution >= 4 is 16.6 Å². The summed E-state index contributed by atoms with van der Waals surface area (Å²) >= 11 is 0. The molecule has 3 rings (SSSR count). The van der Waals surface area contributed by atoms with Crippen molar-refractivity contribution in [2.24, 2.45) is 0 Å². The van der Waals surface area contributed by atoms with E-state index in [1.54, 1.807) is 18.2 Å². The largest absolute Gasteiger partial charge is 0.397 e. The molecular weight excluding hydrogens is 229 g/mol. The molecule has 1 aromatic heterocycles.